The molecule has 3 atom stereocenters. The summed E-state index contributed by atoms with van der Waals surface area (Å²) in [6.07, 6.45) is 2.25. The lowest BCUT2D eigenvalue weighted by Crippen LogP contribution is -2.33. The summed E-state index contributed by atoms with van der Waals surface area (Å²) in [6.45, 7) is 1.62. The topological polar surface area (TPSA) is 46.3 Å². The minimum atomic E-state index is 0.0437. The molecule has 2 fully saturated rings. The van der Waals surface area contributed by atoms with E-state index in [1.807, 2.05) is 17.0 Å². The number of amides is 1. The summed E-state index contributed by atoms with van der Waals surface area (Å²) >= 11 is 6.07. The van der Waals surface area contributed by atoms with Gasteiger partial charge in [0.05, 0.1) is 10.6 Å². The van der Waals surface area contributed by atoms with Crippen molar-refractivity contribution in [1.29, 1.82) is 0 Å². The molecular formula is C14H17ClN2O. The average Bonchev–Trinajstić information content (AvgIpc) is 2.92. The number of rotatable bonds is 1. The average molecular weight is 265 g/mol. The molecule has 1 aliphatic heterocycles. The Morgan fingerprint density at radius 3 is 2.78 bits per heavy atom. The highest BCUT2D eigenvalue weighted by atomic mass is 35.5. The monoisotopic (exact) mass is 264 g/mol. The van der Waals surface area contributed by atoms with E-state index in [4.69, 9.17) is 17.3 Å². The third-order valence-electron chi connectivity index (χ3n) is 4.30. The Kier molecular flexibility index (Phi) is 3.04. The Balaban J connectivity index is 1.78. The molecule has 18 heavy (non-hydrogen) atoms. The lowest BCUT2D eigenvalue weighted by molar-refractivity contribution is 0.0780. The number of carbonyl (C=O) groups is 1. The summed E-state index contributed by atoms with van der Waals surface area (Å²) < 4.78 is 0. The van der Waals surface area contributed by atoms with Gasteiger partial charge < -0.3 is 10.6 Å². The molecule has 1 amide bonds. The van der Waals surface area contributed by atoms with Crippen LogP contribution in [0.15, 0.2) is 24.3 Å². The molecule has 4 heteroatoms. The lowest BCUT2D eigenvalue weighted by Gasteiger charge is -2.19. The Hall–Kier alpha value is -1.06. The SMILES string of the molecule is N[C@@H]1CC[C@H]2CN(C(=O)c3ccccc3Cl)C[C@@H]21. The van der Waals surface area contributed by atoms with Crippen molar-refractivity contribution in [2.75, 3.05) is 13.1 Å². The molecule has 0 bridgehead atoms. The van der Waals surface area contributed by atoms with Crippen molar-refractivity contribution in [3.05, 3.63) is 34.9 Å². The van der Waals surface area contributed by atoms with Gasteiger partial charge in [-0.2, -0.15) is 0 Å². The Labute approximate surface area is 112 Å². The second-order valence-corrected chi connectivity index (χ2v) is 5.76. The maximum Gasteiger partial charge on any atom is 0.255 e. The highest BCUT2D eigenvalue weighted by Crippen LogP contribution is 2.37. The van der Waals surface area contributed by atoms with E-state index in [0.717, 1.165) is 25.9 Å². The van der Waals surface area contributed by atoms with Crippen LogP contribution in [0.1, 0.15) is 23.2 Å². The van der Waals surface area contributed by atoms with E-state index >= 15 is 0 Å². The molecule has 1 heterocycles. The van der Waals surface area contributed by atoms with Gasteiger partial charge in [-0.05, 0) is 36.8 Å². The molecule has 1 aromatic rings. The fourth-order valence-electron chi connectivity index (χ4n) is 3.28. The number of benzene rings is 1. The first-order valence-corrected chi connectivity index (χ1v) is 6.84. The van der Waals surface area contributed by atoms with Crippen molar-refractivity contribution in [1.82, 2.24) is 4.90 Å². The van der Waals surface area contributed by atoms with Crippen molar-refractivity contribution in [2.24, 2.45) is 17.6 Å². The summed E-state index contributed by atoms with van der Waals surface area (Å²) in [7, 11) is 0. The van der Waals surface area contributed by atoms with Gasteiger partial charge in [0.2, 0.25) is 0 Å². The van der Waals surface area contributed by atoms with Crippen LogP contribution in [0.5, 0.6) is 0 Å². The van der Waals surface area contributed by atoms with Crippen LogP contribution in [0, 0.1) is 11.8 Å². The van der Waals surface area contributed by atoms with Crippen LogP contribution in [0.25, 0.3) is 0 Å². The van der Waals surface area contributed by atoms with Crippen molar-refractivity contribution >= 4 is 17.5 Å². The molecule has 1 aliphatic carbocycles. The first kappa shape index (κ1) is 12.0. The van der Waals surface area contributed by atoms with Crippen LogP contribution in [-0.2, 0) is 0 Å². The first-order chi connectivity index (χ1) is 8.66. The van der Waals surface area contributed by atoms with Crippen LogP contribution in [0.3, 0.4) is 0 Å². The second-order valence-electron chi connectivity index (χ2n) is 5.36. The van der Waals surface area contributed by atoms with Gasteiger partial charge in [-0.25, -0.2) is 0 Å². The fraction of sp³-hybridized carbons (Fsp3) is 0.500. The van der Waals surface area contributed by atoms with Gasteiger partial charge in [0, 0.05) is 19.1 Å². The van der Waals surface area contributed by atoms with Gasteiger partial charge in [0.1, 0.15) is 0 Å². The van der Waals surface area contributed by atoms with Crippen LogP contribution in [0.2, 0.25) is 5.02 Å². The molecular weight excluding hydrogens is 248 g/mol. The van der Waals surface area contributed by atoms with Crippen molar-refractivity contribution in [2.45, 2.75) is 18.9 Å². The maximum atomic E-state index is 12.4. The molecule has 0 spiro atoms. The number of carbonyl (C=O) groups excluding carboxylic acids is 1. The molecule has 3 nitrogen and oxygen atoms in total. The number of hydrogen-bond donors (Lipinski definition) is 1. The zero-order valence-electron chi connectivity index (χ0n) is 10.2. The summed E-state index contributed by atoms with van der Waals surface area (Å²) in [5.74, 6) is 1.12. The number of halogens is 1. The third kappa shape index (κ3) is 1.91. The molecule has 1 saturated carbocycles. The predicted octanol–water partition coefficient (Wildman–Crippen LogP) is 2.15. The van der Waals surface area contributed by atoms with Gasteiger partial charge in [-0.15, -0.1) is 0 Å². The molecule has 2 aliphatic rings. The zero-order chi connectivity index (χ0) is 12.7. The number of nitrogens with two attached hydrogens (primary N) is 1. The van der Waals surface area contributed by atoms with E-state index < -0.39 is 0 Å². The minimum Gasteiger partial charge on any atom is -0.338 e. The molecule has 1 saturated heterocycles. The molecule has 0 unspecified atom stereocenters. The van der Waals surface area contributed by atoms with Crippen LogP contribution >= 0.6 is 11.6 Å². The lowest BCUT2D eigenvalue weighted by atomic mass is 9.98. The Morgan fingerprint density at radius 2 is 2.06 bits per heavy atom. The van der Waals surface area contributed by atoms with Gasteiger partial charge in [-0.3, -0.25) is 4.79 Å². The first-order valence-electron chi connectivity index (χ1n) is 6.46. The maximum absolute atomic E-state index is 12.4. The molecule has 0 radical (unpaired) electrons. The highest BCUT2D eigenvalue weighted by molar-refractivity contribution is 6.33. The van der Waals surface area contributed by atoms with E-state index in [0.29, 0.717) is 22.4 Å². The van der Waals surface area contributed by atoms with Gasteiger partial charge in [-0.1, -0.05) is 23.7 Å². The minimum absolute atomic E-state index is 0.0437. The fourth-order valence-corrected chi connectivity index (χ4v) is 3.49. The summed E-state index contributed by atoms with van der Waals surface area (Å²) in [5.41, 5.74) is 6.69. The van der Waals surface area contributed by atoms with E-state index in [1.165, 1.54) is 0 Å². The van der Waals surface area contributed by atoms with E-state index in [2.05, 4.69) is 0 Å². The van der Waals surface area contributed by atoms with Gasteiger partial charge >= 0.3 is 0 Å². The Bertz CT molecular complexity index is 477. The molecule has 3 rings (SSSR count). The Morgan fingerprint density at radius 1 is 1.28 bits per heavy atom. The van der Waals surface area contributed by atoms with E-state index in [1.54, 1.807) is 12.1 Å². The molecule has 0 aromatic heterocycles. The quantitative estimate of drug-likeness (QED) is 0.845. The molecule has 2 N–H and O–H groups in total. The van der Waals surface area contributed by atoms with Gasteiger partial charge in [0.25, 0.3) is 5.91 Å². The smallest absolute Gasteiger partial charge is 0.255 e. The highest BCUT2D eigenvalue weighted by Gasteiger charge is 2.42. The van der Waals surface area contributed by atoms with Gasteiger partial charge in [0.15, 0.2) is 0 Å². The number of hydrogen-bond acceptors (Lipinski definition) is 2. The van der Waals surface area contributed by atoms with Crippen LogP contribution in [-0.4, -0.2) is 29.9 Å². The van der Waals surface area contributed by atoms with E-state index in [9.17, 15) is 4.79 Å². The number of fused-ring (bicyclic) bond motifs is 1. The number of nitrogens with zero attached hydrogens (tertiary/aromatic N) is 1. The summed E-state index contributed by atoms with van der Waals surface area (Å²) in [6, 6.07) is 7.50. The van der Waals surface area contributed by atoms with Crippen LogP contribution < -0.4 is 5.73 Å². The standard InChI is InChI=1S/C14H17ClN2O/c15-12-4-2-1-3-10(12)14(18)17-7-9-5-6-13(16)11(9)8-17/h1-4,9,11,13H,5-8,16H2/t9-,11-,13+/m0/s1. The number of likely N-dealkylation sites (tertiary alicyclic amines) is 1. The summed E-state index contributed by atoms with van der Waals surface area (Å²) in [5, 5.41) is 0.531. The predicted molar refractivity (Wildman–Crippen MR) is 71.5 cm³/mol. The van der Waals surface area contributed by atoms with Crippen LogP contribution in [0.4, 0.5) is 0 Å². The largest absolute Gasteiger partial charge is 0.338 e. The second kappa shape index (κ2) is 4.56. The van der Waals surface area contributed by atoms with Crippen molar-refractivity contribution in [3.63, 3.8) is 0 Å². The molecule has 96 valence electrons. The normalized spacial score (nSPS) is 30.6. The summed E-state index contributed by atoms with van der Waals surface area (Å²) in [4.78, 5) is 14.3. The van der Waals surface area contributed by atoms with Crippen molar-refractivity contribution in [3.8, 4) is 0 Å². The van der Waals surface area contributed by atoms with E-state index in [-0.39, 0.29) is 11.9 Å². The third-order valence-corrected chi connectivity index (χ3v) is 4.63. The zero-order valence-corrected chi connectivity index (χ0v) is 10.9. The molecule has 1 aromatic carbocycles. The van der Waals surface area contributed by atoms with Crippen molar-refractivity contribution < 1.29 is 4.79 Å².